The van der Waals surface area contributed by atoms with E-state index in [1.54, 1.807) is 0 Å². The number of carbonyl (C=O) groups excluding carboxylic acids is 2. The smallest absolute Gasteiger partial charge is 0.295 e. The molecule has 102 valence electrons. The molecule has 0 bridgehead atoms. The van der Waals surface area contributed by atoms with Crippen molar-refractivity contribution in [1.82, 2.24) is 5.32 Å². The molecule has 1 saturated heterocycles. The molecular weight excluding hydrogens is 350 g/mol. The third kappa shape index (κ3) is 2.62. The lowest BCUT2D eigenvalue weighted by molar-refractivity contribution is -0.138. The zero-order chi connectivity index (χ0) is 14.4. The molecular formula is C11H6BrClF3NO2. The molecule has 1 fully saturated rings. The van der Waals surface area contributed by atoms with Gasteiger partial charge >= 0.3 is 6.18 Å². The van der Waals surface area contributed by atoms with Crippen molar-refractivity contribution in [2.75, 3.05) is 0 Å². The molecule has 1 aliphatic heterocycles. The van der Waals surface area contributed by atoms with Crippen LogP contribution in [0.4, 0.5) is 13.2 Å². The number of benzene rings is 1. The Balaban J connectivity index is 2.47. The molecule has 2 unspecified atom stereocenters. The van der Waals surface area contributed by atoms with Gasteiger partial charge in [-0.15, -0.1) is 11.6 Å². The highest BCUT2D eigenvalue weighted by atomic mass is 79.9. The first kappa shape index (κ1) is 14.3. The molecule has 2 amide bonds. The first-order chi connectivity index (χ1) is 8.71. The first-order valence-electron chi connectivity index (χ1n) is 5.07. The van der Waals surface area contributed by atoms with Crippen molar-refractivity contribution in [3.8, 4) is 0 Å². The molecule has 8 heteroatoms. The molecule has 1 aromatic carbocycles. The van der Waals surface area contributed by atoms with Crippen LogP contribution in [0.1, 0.15) is 17.0 Å². The van der Waals surface area contributed by atoms with E-state index in [0.717, 1.165) is 6.07 Å². The molecule has 0 spiro atoms. The van der Waals surface area contributed by atoms with Crippen LogP contribution >= 0.6 is 27.5 Å². The van der Waals surface area contributed by atoms with Crippen molar-refractivity contribution in [1.29, 1.82) is 0 Å². The van der Waals surface area contributed by atoms with Crippen LogP contribution in [0.25, 0.3) is 0 Å². The molecule has 0 aromatic heterocycles. The van der Waals surface area contributed by atoms with Gasteiger partial charge in [-0.1, -0.05) is 22.0 Å². The Morgan fingerprint density at radius 3 is 2.32 bits per heavy atom. The highest BCUT2D eigenvalue weighted by Crippen LogP contribution is 2.38. The van der Waals surface area contributed by atoms with Gasteiger partial charge in [0, 0.05) is 4.47 Å². The second-order valence-corrected chi connectivity index (χ2v) is 5.29. The number of hydrogen-bond acceptors (Lipinski definition) is 2. The van der Waals surface area contributed by atoms with Crippen LogP contribution in [0, 0.1) is 0 Å². The summed E-state index contributed by atoms with van der Waals surface area (Å²) < 4.78 is 38.1. The summed E-state index contributed by atoms with van der Waals surface area (Å²) >= 11 is 8.54. The number of alkyl halides is 4. The van der Waals surface area contributed by atoms with E-state index in [2.05, 4.69) is 15.9 Å². The second kappa shape index (κ2) is 4.79. The fraction of sp³-hybridized carbons (Fsp3) is 0.273. The quantitative estimate of drug-likeness (QED) is 0.621. The zero-order valence-electron chi connectivity index (χ0n) is 9.09. The second-order valence-electron chi connectivity index (χ2n) is 3.97. The summed E-state index contributed by atoms with van der Waals surface area (Å²) in [5.41, 5.74) is -0.861. The number of halogens is 5. The van der Waals surface area contributed by atoms with Crippen LogP contribution in [0.15, 0.2) is 22.7 Å². The number of rotatable bonds is 1. The van der Waals surface area contributed by atoms with Crippen molar-refractivity contribution in [3.05, 3.63) is 33.8 Å². The lowest BCUT2D eigenvalue weighted by Gasteiger charge is -2.14. The molecule has 1 N–H and O–H groups in total. The Kier molecular flexibility index (Phi) is 3.61. The average Bonchev–Trinajstić information content (AvgIpc) is 2.53. The van der Waals surface area contributed by atoms with Gasteiger partial charge in [-0.2, -0.15) is 13.2 Å². The lowest BCUT2D eigenvalue weighted by atomic mass is 9.95. The Morgan fingerprint density at radius 1 is 1.21 bits per heavy atom. The van der Waals surface area contributed by atoms with Crippen LogP contribution in [-0.2, 0) is 15.8 Å². The zero-order valence-corrected chi connectivity index (χ0v) is 11.4. The Bertz CT molecular complexity index is 561. The van der Waals surface area contributed by atoms with Gasteiger partial charge in [-0.05, 0) is 17.7 Å². The van der Waals surface area contributed by atoms with Gasteiger partial charge in [0.25, 0.3) is 0 Å². The molecule has 1 aromatic rings. The summed E-state index contributed by atoms with van der Waals surface area (Å²) in [5, 5.41) is 0.786. The topological polar surface area (TPSA) is 46.2 Å². The summed E-state index contributed by atoms with van der Waals surface area (Å²) in [6.07, 6.45) is -4.56. The van der Waals surface area contributed by atoms with Gasteiger partial charge in [0.15, 0.2) is 0 Å². The molecule has 0 aliphatic carbocycles. The van der Waals surface area contributed by atoms with Crippen molar-refractivity contribution in [3.63, 3.8) is 0 Å². The third-order valence-corrected chi connectivity index (χ3v) is 3.87. The molecule has 0 saturated carbocycles. The normalized spacial score (nSPS) is 23.6. The SMILES string of the molecule is O=C1NC(=O)C(c2ccc(Br)c(C(F)(F)F)c2)C1Cl. The highest BCUT2D eigenvalue weighted by Gasteiger charge is 2.42. The number of hydrogen-bond donors (Lipinski definition) is 1. The van der Waals surface area contributed by atoms with Crippen LogP contribution in [0.5, 0.6) is 0 Å². The van der Waals surface area contributed by atoms with Gasteiger partial charge < -0.3 is 0 Å². The first-order valence-corrected chi connectivity index (χ1v) is 6.30. The summed E-state index contributed by atoms with van der Waals surface area (Å²) in [7, 11) is 0. The fourth-order valence-corrected chi connectivity index (χ4v) is 2.61. The minimum Gasteiger partial charge on any atom is -0.295 e. The largest absolute Gasteiger partial charge is 0.417 e. The van der Waals surface area contributed by atoms with E-state index < -0.39 is 34.8 Å². The number of imide groups is 1. The summed E-state index contributed by atoms with van der Waals surface area (Å²) in [6, 6.07) is 3.33. The van der Waals surface area contributed by atoms with Gasteiger partial charge in [-0.25, -0.2) is 0 Å². The van der Waals surface area contributed by atoms with E-state index in [0.29, 0.717) is 0 Å². The highest BCUT2D eigenvalue weighted by molar-refractivity contribution is 9.10. The maximum atomic E-state index is 12.8. The third-order valence-electron chi connectivity index (χ3n) is 2.73. The Hall–Kier alpha value is -1.08. The summed E-state index contributed by atoms with van der Waals surface area (Å²) in [5.74, 6) is -2.50. The van der Waals surface area contributed by atoms with Crippen molar-refractivity contribution >= 4 is 39.3 Å². The number of nitrogens with one attached hydrogen (secondary N) is 1. The van der Waals surface area contributed by atoms with E-state index in [9.17, 15) is 22.8 Å². The van der Waals surface area contributed by atoms with Crippen LogP contribution in [-0.4, -0.2) is 17.2 Å². The lowest BCUT2D eigenvalue weighted by Crippen LogP contribution is -2.22. The minimum absolute atomic E-state index is 0.0545. The van der Waals surface area contributed by atoms with E-state index >= 15 is 0 Å². The monoisotopic (exact) mass is 355 g/mol. The maximum absolute atomic E-state index is 12.8. The molecule has 3 nitrogen and oxygen atoms in total. The van der Waals surface area contributed by atoms with Gasteiger partial charge in [-0.3, -0.25) is 14.9 Å². The average molecular weight is 357 g/mol. The van der Waals surface area contributed by atoms with Gasteiger partial charge in [0.2, 0.25) is 11.8 Å². The minimum atomic E-state index is -4.56. The predicted octanol–water partition coefficient (Wildman–Crippen LogP) is 2.82. The maximum Gasteiger partial charge on any atom is 0.417 e. The van der Waals surface area contributed by atoms with Crippen LogP contribution < -0.4 is 5.32 Å². The van der Waals surface area contributed by atoms with E-state index in [-0.39, 0.29) is 10.0 Å². The standard InChI is InChI=1S/C11H6BrClF3NO2/c12-6-2-1-4(3-5(6)11(14,15)16)7-8(13)10(19)17-9(7)18/h1-3,7-8H,(H,17,18,19). The van der Waals surface area contributed by atoms with E-state index in [1.807, 2.05) is 5.32 Å². The summed E-state index contributed by atoms with van der Waals surface area (Å²) in [4.78, 5) is 22.8. The van der Waals surface area contributed by atoms with E-state index in [1.165, 1.54) is 12.1 Å². The molecule has 2 atom stereocenters. The predicted molar refractivity (Wildman–Crippen MR) is 64.7 cm³/mol. The van der Waals surface area contributed by atoms with Crippen molar-refractivity contribution in [2.45, 2.75) is 17.5 Å². The van der Waals surface area contributed by atoms with Gasteiger partial charge in [0.1, 0.15) is 5.38 Å². The van der Waals surface area contributed by atoms with Crippen molar-refractivity contribution in [2.24, 2.45) is 0 Å². The van der Waals surface area contributed by atoms with Crippen LogP contribution in [0.3, 0.4) is 0 Å². The molecule has 1 aliphatic rings. The van der Waals surface area contributed by atoms with Crippen molar-refractivity contribution < 1.29 is 22.8 Å². The van der Waals surface area contributed by atoms with Gasteiger partial charge in [0.05, 0.1) is 11.5 Å². The Labute approximate surface area is 119 Å². The fourth-order valence-electron chi connectivity index (χ4n) is 1.83. The molecule has 0 radical (unpaired) electrons. The molecule has 2 rings (SSSR count). The number of carbonyl (C=O) groups is 2. The van der Waals surface area contributed by atoms with Crippen LogP contribution in [0.2, 0.25) is 0 Å². The molecule has 19 heavy (non-hydrogen) atoms. The number of amides is 2. The molecule has 1 heterocycles. The summed E-state index contributed by atoms with van der Waals surface area (Å²) in [6.45, 7) is 0. The van der Waals surface area contributed by atoms with E-state index in [4.69, 9.17) is 11.6 Å². The Morgan fingerprint density at radius 2 is 1.84 bits per heavy atom.